The minimum atomic E-state index is -3.56. The van der Waals surface area contributed by atoms with Gasteiger partial charge < -0.3 is 4.74 Å². The lowest BCUT2D eigenvalue weighted by molar-refractivity contribution is 0.126. The van der Waals surface area contributed by atoms with Crippen molar-refractivity contribution in [3.8, 4) is 0 Å². The van der Waals surface area contributed by atoms with Gasteiger partial charge >= 0.3 is 5.43 Å². The molecule has 1 rings (SSSR count). The fourth-order valence-electron chi connectivity index (χ4n) is 2.05. The number of nitrogens with zero attached hydrogens (tertiary/aromatic N) is 3. The maximum absolute atomic E-state index is 12.3. The van der Waals surface area contributed by atoms with Crippen LogP contribution in [0.15, 0.2) is 40.3 Å². The topological polar surface area (TPSA) is 109 Å². The average Bonchev–Trinajstić information content (AvgIpc) is 2.50. The van der Waals surface area contributed by atoms with E-state index < -0.39 is 21.4 Å². The zero-order valence-corrected chi connectivity index (χ0v) is 14.0. The third-order valence-corrected chi connectivity index (χ3v) is 5.00. The van der Waals surface area contributed by atoms with Crippen LogP contribution in [0.2, 0.25) is 0 Å². The van der Waals surface area contributed by atoms with Crippen LogP contribution in [0, 0.1) is 0 Å². The smallest absolute Gasteiger partial charge is 0.404 e. The van der Waals surface area contributed by atoms with Crippen LogP contribution in [-0.2, 0) is 14.6 Å². The molecule has 0 spiro atoms. The lowest BCUT2D eigenvalue weighted by Gasteiger charge is -2.16. The second-order valence-corrected chi connectivity index (χ2v) is 7.22. The van der Waals surface area contributed by atoms with Gasteiger partial charge in [0.25, 0.3) is 0 Å². The number of azide groups is 1. The number of halogens is 1. The lowest BCUT2D eigenvalue weighted by atomic mass is 10.1. The standard InChI is InChI=1S/C14H18ClN3O4S/c15-14(19)22-12(7-3-2-6-10-17-18-16)11-23(20,21)13-8-4-1-5-9-13/h1,4-5,8-9,12H,2-3,6-7,10-11H2. The Kier molecular flexibility index (Phi) is 8.47. The molecule has 0 radical (unpaired) electrons. The zero-order valence-electron chi connectivity index (χ0n) is 12.5. The maximum atomic E-state index is 12.3. The van der Waals surface area contributed by atoms with Crippen LogP contribution in [-0.4, -0.2) is 32.2 Å². The summed E-state index contributed by atoms with van der Waals surface area (Å²) in [6.07, 6.45) is 1.64. The molecule has 1 unspecified atom stereocenters. The first-order valence-electron chi connectivity index (χ1n) is 7.10. The van der Waals surface area contributed by atoms with E-state index in [0.29, 0.717) is 25.8 Å². The molecule has 1 atom stereocenters. The van der Waals surface area contributed by atoms with Crippen LogP contribution in [0.4, 0.5) is 4.79 Å². The van der Waals surface area contributed by atoms with E-state index in [0.717, 1.165) is 6.42 Å². The van der Waals surface area contributed by atoms with Gasteiger partial charge in [-0.05, 0) is 36.9 Å². The summed E-state index contributed by atoms with van der Waals surface area (Å²) in [5.41, 5.74) is 7.14. The van der Waals surface area contributed by atoms with Gasteiger partial charge in [0.15, 0.2) is 9.84 Å². The maximum Gasteiger partial charge on any atom is 0.404 e. The fourth-order valence-corrected chi connectivity index (χ4v) is 3.67. The number of carbonyl (C=O) groups is 1. The molecule has 0 saturated carbocycles. The molecule has 0 aliphatic carbocycles. The normalized spacial score (nSPS) is 12.2. The van der Waals surface area contributed by atoms with Crippen LogP contribution >= 0.6 is 11.6 Å². The number of unbranched alkanes of at least 4 members (excludes halogenated alkanes) is 2. The Morgan fingerprint density at radius 1 is 1.26 bits per heavy atom. The van der Waals surface area contributed by atoms with E-state index in [1.54, 1.807) is 18.2 Å². The highest BCUT2D eigenvalue weighted by Crippen LogP contribution is 2.17. The van der Waals surface area contributed by atoms with Crippen LogP contribution in [0.5, 0.6) is 0 Å². The second kappa shape index (κ2) is 10.1. The van der Waals surface area contributed by atoms with Gasteiger partial charge in [-0.15, -0.1) is 0 Å². The summed E-state index contributed by atoms with van der Waals surface area (Å²) in [5, 5.41) is 3.41. The number of benzene rings is 1. The monoisotopic (exact) mass is 359 g/mol. The first-order chi connectivity index (χ1) is 11.0. The first-order valence-corrected chi connectivity index (χ1v) is 9.13. The Morgan fingerprint density at radius 3 is 2.57 bits per heavy atom. The average molecular weight is 360 g/mol. The van der Waals surface area contributed by atoms with E-state index in [9.17, 15) is 13.2 Å². The van der Waals surface area contributed by atoms with E-state index in [4.69, 9.17) is 21.9 Å². The minimum Gasteiger partial charge on any atom is -0.449 e. The molecule has 0 aliphatic heterocycles. The number of ether oxygens (including phenoxy) is 1. The molecule has 23 heavy (non-hydrogen) atoms. The summed E-state index contributed by atoms with van der Waals surface area (Å²) in [5.74, 6) is -0.314. The predicted molar refractivity (Wildman–Crippen MR) is 87.1 cm³/mol. The molecular formula is C14H18ClN3O4S. The highest BCUT2D eigenvalue weighted by Gasteiger charge is 2.23. The van der Waals surface area contributed by atoms with Crippen LogP contribution in [0.1, 0.15) is 25.7 Å². The Bertz CT molecular complexity index is 645. The Labute approximate surface area is 140 Å². The van der Waals surface area contributed by atoms with Gasteiger partial charge in [-0.25, -0.2) is 13.2 Å². The number of rotatable bonds is 10. The van der Waals surface area contributed by atoms with Gasteiger partial charge in [-0.2, -0.15) is 0 Å². The molecule has 0 heterocycles. The minimum absolute atomic E-state index is 0.180. The van der Waals surface area contributed by atoms with Gasteiger partial charge in [-0.1, -0.05) is 29.7 Å². The molecule has 0 bridgehead atoms. The van der Waals surface area contributed by atoms with Gasteiger partial charge in [0, 0.05) is 23.1 Å². The lowest BCUT2D eigenvalue weighted by Crippen LogP contribution is -2.25. The molecule has 126 valence electrons. The van der Waals surface area contributed by atoms with Gasteiger partial charge in [-0.3, -0.25) is 0 Å². The van der Waals surface area contributed by atoms with Crippen LogP contribution in [0.3, 0.4) is 0 Å². The number of hydrogen-bond acceptors (Lipinski definition) is 5. The van der Waals surface area contributed by atoms with Crippen molar-refractivity contribution in [1.82, 2.24) is 0 Å². The van der Waals surface area contributed by atoms with Crippen LogP contribution < -0.4 is 0 Å². The van der Waals surface area contributed by atoms with E-state index >= 15 is 0 Å². The molecule has 7 nitrogen and oxygen atoms in total. The van der Waals surface area contributed by atoms with Crippen molar-refractivity contribution < 1.29 is 17.9 Å². The summed E-state index contributed by atoms with van der Waals surface area (Å²) in [6.45, 7) is 0.388. The largest absolute Gasteiger partial charge is 0.449 e. The number of sulfone groups is 1. The summed E-state index contributed by atoms with van der Waals surface area (Å²) >= 11 is 5.22. The van der Waals surface area contributed by atoms with Gasteiger partial charge in [0.1, 0.15) is 6.10 Å². The van der Waals surface area contributed by atoms with Gasteiger partial charge in [0.2, 0.25) is 0 Å². The molecular weight excluding hydrogens is 342 g/mol. The number of hydrogen-bond donors (Lipinski definition) is 0. The SMILES string of the molecule is [N-]=[N+]=NCCCCCC(CS(=O)(=O)c1ccccc1)OC(=O)Cl. The Morgan fingerprint density at radius 2 is 1.96 bits per heavy atom. The molecule has 0 saturated heterocycles. The van der Waals surface area contributed by atoms with Crippen molar-refractivity contribution in [3.63, 3.8) is 0 Å². The first kappa shape index (κ1) is 19.3. The highest BCUT2D eigenvalue weighted by molar-refractivity contribution is 7.91. The van der Waals surface area contributed by atoms with E-state index in [2.05, 4.69) is 10.0 Å². The van der Waals surface area contributed by atoms with Crippen molar-refractivity contribution >= 4 is 26.9 Å². The number of carbonyl (C=O) groups excluding carboxylic acids is 1. The molecule has 1 aromatic carbocycles. The molecule has 0 aromatic heterocycles. The van der Waals surface area contributed by atoms with E-state index in [-0.39, 0.29) is 10.6 Å². The van der Waals surface area contributed by atoms with Crippen molar-refractivity contribution in [3.05, 3.63) is 40.8 Å². The summed E-state index contributed by atoms with van der Waals surface area (Å²) < 4.78 is 29.5. The van der Waals surface area contributed by atoms with Crippen molar-refractivity contribution in [1.29, 1.82) is 0 Å². The zero-order chi connectivity index (χ0) is 17.1. The molecule has 1 aromatic rings. The molecule has 0 fully saturated rings. The van der Waals surface area contributed by atoms with E-state index in [1.165, 1.54) is 12.1 Å². The van der Waals surface area contributed by atoms with Crippen molar-refractivity contribution in [2.24, 2.45) is 5.11 Å². The summed E-state index contributed by atoms with van der Waals surface area (Å²) in [7, 11) is -3.56. The highest BCUT2D eigenvalue weighted by atomic mass is 35.5. The predicted octanol–water partition coefficient (Wildman–Crippen LogP) is 4.08. The summed E-state index contributed by atoms with van der Waals surface area (Å²) in [6, 6.07) is 7.97. The Hall–Kier alpha value is -1.76. The quantitative estimate of drug-likeness (QED) is 0.206. The van der Waals surface area contributed by atoms with Crippen molar-refractivity contribution in [2.75, 3.05) is 12.3 Å². The summed E-state index contributed by atoms with van der Waals surface area (Å²) in [4.78, 5) is 13.8. The van der Waals surface area contributed by atoms with E-state index in [1.807, 2.05) is 0 Å². The Balaban J connectivity index is 2.60. The van der Waals surface area contributed by atoms with Crippen molar-refractivity contribution in [2.45, 2.75) is 36.7 Å². The molecule has 0 amide bonds. The second-order valence-electron chi connectivity index (χ2n) is 4.88. The third-order valence-electron chi connectivity index (χ3n) is 3.11. The molecule has 0 aliphatic rings. The van der Waals surface area contributed by atoms with Gasteiger partial charge in [0.05, 0.1) is 10.6 Å². The third kappa shape index (κ3) is 7.88. The molecule has 9 heteroatoms. The van der Waals surface area contributed by atoms with Crippen LogP contribution in [0.25, 0.3) is 10.4 Å². The molecule has 0 N–H and O–H groups in total. The fraction of sp³-hybridized carbons (Fsp3) is 0.500.